The molecule has 0 N–H and O–H groups in total. The Balaban J connectivity index is 1.66. The Morgan fingerprint density at radius 1 is 1.24 bits per heavy atom. The van der Waals surface area contributed by atoms with Gasteiger partial charge in [0.2, 0.25) is 5.91 Å². The number of hydrogen-bond acceptors (Lipinski definition) is 4. The molecule has 1 amide bonds. The number of amides is 1. The molecule has 25 heavy (non-hydrogen) atoms. The predicted molar refractivity (Wildman–Crippen MR) is 101 cm³/mol. The zero-order chi connectivity index (χ0) is 18.0. The van der Waals surface area contributed by atoms with Gasteiger partial charge >= 0.3 is 0 Å². The van der Waals surface area contributed by atoms with E-state index in [4.69, 9.17) is 4.74 Å². The number of aryl methyl sites for hydroxylation is 1. The van der Waals surface area contributed by atoms with E-state index in [1.54, 1.807) is 0 Å². The third kappa shape index (κ3) is 4.22. The first-order chi connectivity index (χ1) is 11.9. The third-order valence-electron chi connectivity index (χ3n) is 5.48. The van der Waals surface area contributed by atoms with Crippen molar-refractivity contribution in [3.63, 3.8) is 0 Å². The first-order valence-electron chi connectivity index (χ1n) is 9.31. The minimum absolute atomic E-state index is 0.0455. The minimum atomic E-state index is 0.0455. The molecule has 1 aromatic carbocycles. The van der Waals surface area contributed by atoms with Gasteiger partial charge in [0.1, 0.15) is 0 Å². The number of piperazine rings is 1. The largest absolute Gasteiger partial charge is 0.379 e. The predicted octanol–water partition coefficient (Wildman–Crippen LogP) is 2.14. The van der Waals surface area contributed by atoms with Crippen LogP contribution in [0.15, 0.2) is 24.3 Å². The number of benzene rings is 1. The molecule has 0 unspecified atom stereocenters. The Morgan fingerprint density at radius 3 is 2.64 bits per heavy atom. The molecule has 0 saturated carbocycles. The third-order valence-corrected chi connectivity index (χ3v) is 5.48. The van der Waals surface area contributed by atoms with Crippen molar-refractivity contribution in [2.24, 2.45) is 0 Å². The van der Waals surface area contributed by atoms with Crippen LogP contribution in [0.1, 0.15) is 26.3 Å². The highest BCUT2D eigenvalue weighted by atomic mass is 16.5. The quantitative estimate of drug-likeness (QED) is 0.838. The van der Waals surface area contributed by atoms with Gasteiger partial charge < -0.3 is 9.64 Å². The molecule has 2 aliphatic rings. The highest BCUT2D eigenvalue weighted by Crippen LogP contribution is 2.24. The fraction of sp³-hybridized carbons (Fsp3) is 0.650. The van der Waals surface area contributed by atoms with E-state index in [9.17, 15) is 4.79 Å². The molecule has 0 radical (unpaired) electrons. The van der Waals surface area contributed by atoms with E-state index in [0.29, 0.717) is 12.6 Å². The standard InChI is InChI=1S/C20H31N3O2/c1-16-6-5-7-18(12-16)23-13-17(2)21(14-19(23)24)15-20(3,4)22-8-10-25-11-9-22/h5-7,12,17H,8-11,13-15H2,1-4H3/t17-/m0/s1. The van der Waals surface area contributed by atoms with Crippen molar-refractivity contribution in [2.75, 3.05) is 50.8 Å². The number of anilines is 1. The highest BCUT2D eigenvalue weighted by molar-refractivity contribution is 5.95. The van der Waals surface area contributed by atoms with E-state index in [2.05, 4.69) is 49.6 Å². The van der Waals surface area contributed by atoms with E-state index in [0.717, 1.165) is 45.1 Å². The van der Waals surface area contributed by atoms with Gasteiger partial charge in [-0.25, -0.2) is 0 Å². The summed E-state index contributed by atoms with van der Waals surface area (Å²) in [5.41, 5.74) is 2.25. The van der Waals surface area contributed by atoms with Gasteiger partial charge in [-0.15, -0.1) is 0 Å². The van der Waals surface area contributed by atoms with Gasteiger partial charge in [0.15, 0.2) is 0 Å². The van der Waals surface area contributed by atoms with Crippen LogP contribution in [0.5, 0.6) is 0 Å². The smallest absolute Gasteiger partial charge is 0.241 e. The molecule has 1 atom stereocenters. The monoisotopic (exact) mass is 345 g/mol. The van der Waals surface area contributed by atoms with Gasteiger partial charge in [0.05, 0.1) is 19.8 Å². The zero-order valence-electron chi connectivity index (χ0n) is 16.0. The summed E-state index contributed by atoms with van der Waals surface area (Å²) in [6.45, 7) is 14.6. The average molecular weight is 345 g/mol. The van der Waals surface area contributed by atoms with Crippen LogP contribution in [0.25, 0.3) is 0 Å². The molecule has 2 saturated heterocycles. The molecule has 3 rings (SSSR count). The molecule has 0 aliphatic carbocycles. The van der Waals surface area contributed by atoms with Crippen molar-refractivity contribution in [3.05, 3.63) is 29.8 Å². The Hall–Kier alpha value is -1.43. The summed E-state index contributed by atoms with van der Waals surface area (Å²) in [5, 5.41) is 0. The highest BCUT2D eigenvalue weighted by Gasteiger charge is 2.36. The lowest BCUT2D eigenvalue weighted by atomic mass is 9.99. The molecular weight excluding hydrogens is 314 g/mol. The number of ether oxygens (including phenoxy) is 1. The molecule has 138 valence electrons. The lowest BCUT2D eigenvalue weighted by Gasteiger charge is -2.47. The first kappa shape index (κ1) is 18.4. The van der Waals surface area contributed by atoms with E-state index in [-0.39, 0.29) is 11.4 Å². The number of carbonyl (C=O) groups is 1. The first-order valence-corrected chi connectivity index (χ1v) is 9.31. The summed E-state index contributed by atoms with van der Waals surface area (Å²) in [6, 6.07) is 8.57. The maximum atomic E-state index is 12.8. The SMILES string of the molecule is Cc1cccc(N2C[C@H](C)N(CC(C)(C)N3CCOCC3)CC2=O)c1. The van der Waals surface area contributed by atoms with Crippen LogP contribution < -0.4 is 4.90 Å². The van der Waals surface area contributed by atoms with Crippen molar-refractivity contribution in [1.29, 1.82) is 0 Å². The van der Waals surface area contributed by atoms with Gasteiger partial charge in [-0.3, -0.25) is 14.6 Å². The van der Waals surface area contributed by atoms with Crippen molar-refractivity contribution in [3.8, 4) is 0 Å². The topological polar surface area (TPSA) is 36.0 Å². The number of rotatable bonds is 4. The van der Waals surface area contributed by atoms with Gasteiger partial charge in [0.25, 0.3) is 0 Å². The maximum absolute atomic E-state index is 12.8. The molecule has 2 heterocycles. The van der Waals surface area contributed by atoms with Crippen LogP contribution in [-0.2, 0) is 9.53 Å². The lowest BCUT2D eigenvalue weighted by Crippen LogP contribution is -2.62. The molecule has 5 nitrogen and oxygen atoms in total. The van der Waals surface area contributed by atoms with Gasteiger partial charge in [0, 0.05) is 43.4 Å². The molecule has 0 aromatic heterocycles. The van der Waals surface area contributed by atoms with Crippen molar-refractivity contribution >= 4 is 11.6 Å². The Morgan fingerprint density at radius 2 is 1.96 bits per heavy atom. The van der Waals surface area contributed by atoms with Crippen LogP contribution in [-0.4, -0.2) is 73.2 Å². The second-order valence-electron chi connectivity index (χ2n) is 8.01. The summed E-state index contributed by atoms with van der Waals surface area (Å²) in [5.74, 6) is 0.196. The molecular formula is C20H31N3O2. The summed E-state index contributed by atoms with van der Waals surface area (Å²) in [6.07, 6.45) is 0. The molecule has 1 aromatic rings. The van der Waals surface area contributed by atoms with Crippen LogP contribution in [0.2, 0.25) is 0 Å². The van der Waals surface area contributed by atoms with Gasteiger partial charge in [-0.05, 0) is 45.4 Å². The fourth-order valence-electron chi connectivity index (χ4n) is 3.92. The minimum Gasteiger partial charge on any atom is -0.379 e. The van der Waals surface area contributed by atoms with Gasteiger partial charge in [-0.2, -0.15) is 0 Å². The molecule has 2 fully saturated rings. The van der Waals surface area contributed by atoms with Crippen LogP contribution in [0.3, 0.4) is 0 Å². The fourth-order valence-corrected chi connectivity index (χ4v) is 3.92. The number of hydrogen-bond donors (Lipinski definition) is 0. The van der Waals surface area contributed by atoms with E-state index in [1.165, 1.54) is 5.56 Å². The Kier molecular flexibility index (Phi) is 5.46. The molecule has 0 spiro atoms. The number of nitrogens with zero attached hydrogens (tertiary/aromatic N) is 3. The average Bonchev–Trinajstić information content (AvgIpc) is 2.58. The Labute approximate surface area is 151 Å². The number of morpholine rings is 1. The normalized spacial score (nSPS) is 23.9. The summed E-state index contributed by atoms with van der Waals surface area (Å²) < 4.78 is 5.48. The van der Waals surface area contributed by atoms with Crippen molar-refractivity contribution in [1.82, 2.24) is 9.80 Å². The zero-order valence-corrected chi connectivity index (χ0v) is 16.0. The summed E-state index contributed by atoms with van der Waals surface area (Å²) in [7, 11) is 0. The molecule has 2 aliphatic heterocycles. The second kappa shape index (κ2) is 7.44. The van der Waals surface area contributed by atoms with Gasteiger partial charge in [-0.1, -0.05) is 12.1 Å². The van der Waals surface area contributed by atoms with E-state index >= 15 is 0 Å². The van der Waals surface area contributed by atoms with Crippen molar-refractivity contribution in [2.45, 2.75) is 39.3 Å². The van der Waals surface area contributed by atoms with Crippen LogP contribution >= 0.6 is 0 Å². The summed E-state index contributed by atoms with van der Waals surface area (Å²) in [4.78, 5) is 19.5. The Bertz CT molecular complexity index is 611. The van der Waals surface area contributed by atoms with Crippen molar-refractivity contribution < 1.29 is 9.53 Å². The summed E-state index contributed by atoms with van der Waals surface area (Å²) >= 11 is 0. The molecule has 5 heteroatoms. The van der Waals surface area contributed by atoms with Crippen LogP contribution in [0, 0.1) is 6.92 Å². The maximum Gasteiger partial charge on any atom is 0.241 e. The van der Waals surface area contributed by atoms with E-state index < -0.39 is 0 Å². The number of carbonyl (C=O) groups excluding carboxylic acids is 1. The lowest BCUT2D eigenvalue weighted by molar-refractivity contribution is -0.123. The van der Waals surface area contributed by atoms with E-state index in [1.807, 2.05) is 17.0 Å². The molecule has 0 bridgehead atoms. The second-order valence-corrected chi connectivity index (χ2v) is 8.01. The van der Waals surface area contributed by atoms with Crippen LogP contribution in [0.4, 0.5) is 5.69 Å².